The summed E-state index contributed by atoms with van der Waals surface area (Å²) in [6.45, 7) is 8.93. The van der Waals surface area contributed by atoms with Gasteiger partial charge in [-0.15, -0.1) is 0 Å². The lowest BCUT2D eigenvalue weighted by Crippen LogP contribution is -2.32. The first-order valence-electron chi connectivity index (χ1n) is 17.2. The van der Waals surface area contributed by atoms with Crippen molar-refractivity contribution in [2.45, 2.75) is 53.5 Å². The van der Waals surface area contributed by atoms with Gasteiger partial charge in [0.05, 0.1) is 45.9 Å². The van der Waals surface area contributed by atoms with Crippen molar-refractivity contribution in [2.24, 2.45) is 7.05 Å². The number of nitrogens with zero attached hydrogens (tertiary/aromatic N) is 5. The van der Waals surface area contributed by atoms with Crippen molar-refractivity contribution < 1.29 is 27.9 Å². The number of aryl methyl sites for hydroxylation is 6. The highest BCUT2D eigenvalue weighted by molar-refractivity contribution is 7.89. The molecule has 0 radical (unpaired) electrons. The Bertz CT molecular complexity index is 2600. The van der Waals surface area contributed by atoms with Crippen LogP contribution in [0.25, 0.3) is 32.9 Å². The van der Waals surface area contributed by atoms with E-state index in [9.17, 15) is 18.3 Å². The van der Waals surface area contributed by atoms with Crippen LogP contribution in [0.4, 0.5) is 5.69 Å². The Morgan fingerprint density at radius 1 is 0.981 bits per heavy atom. The normalized spacial score (nSPS) is 13.6. The van der Waals surface area contributed by atoms with E-state index < -0.39 is 16.0 Å². The fourth-order valence-electron chi connectivity index (χ4n) is 7.70. The predicted molar refractivity (Wildman–Crippen MR) is 209 cm³/mol. The molecule has 53 heavy (non-hydrogen) atoms. The molecule has 1 aliphatic heterocycles. The SMILES string of the molecule is Cc1cc(OCCCc2c3n(c4c(-c5c(C)nn(C)c5C)c(Cl)ccc24)CCCN(c2cc(C(=O)O)cc4c2ccn4S(C)(=O)=O)C3=O)cc(C)c1Cl. The zero-order chi connectivity index (χ0) is 38.1. The van der Waals surface area contributed by atoms with Gasteiger partial charge in [0.2, 0.25) is 10.0 Å². The van der Waals surface area contributed by atoms with Crippen LogP contribution in [0, 0.1) is 27.7 Å². The van der Waals surface area contributed by atoms with E-state index in [1.54, 1.807) is 11.0 Å². The number of rotatable bonds is 9. The molecule has 4 heterocycles. The van der Waals surface area contributed by atoms with Crippen LogP contribution in [0.3, 0.4) is 0 Å². The summed E-state index contributed by atoms with van der Waals surface area (Å²) >= 11 is 13.4. The van der Waals surface area contributed by atoms with Crippen molar-refractivity contribution in [1.29, 1.82) is 0 Å². The molecule has 276 valence electrons. The van der Waals surface area contributed by atoms with Gasteiger partial charge < -0.3 is 19.3 Å². The Morgan fingerprint density at radius 3 is 2.34 bits per heavy atom. The molecule has 11 nitrogen and oxygen atoms in total. The van der Waals surface area contributed by atoms with Gasteiger partial charge in [-0.1, -0.05) is 29.3 Å². The van der Waals surface area contributed by atoms with Crippen molar-refractivity contribution in [1.82, 2.24) is 18.3 Å². The van der Waals surface area contributed by atoms with Crippen molar-refractivity contribution >= 4 is 72.6 Å². The van der Waals surface area contributed by atoms with Crippen molar-refractivity contribution in [3.63, 3.8) is 0 Å². The van der Waals surface area contributed by atoms with Crippen LogP contribution in [0.2, 0.25) is 10.0 Å². The third kappa shape index (κ3) is 6.26. The van der Waals surface area contributed by atoms with E-state index in [4.69, 9.17) is 27.9 Å². The number of ether oxygens (including phenoxy) is 1. The van der Waals surface area contributed by atoms with Crippen LogP contribution < -0.4 is 9.64 Å². The maximum Gasteiger partial charge on any atom is 0.335 e. The molecule has 3 aromatic heterocycles. The number of aromatic carboxylic acids is 1. The van der Waals surface area contributed by atoms with Crippen LogP contribution in [-0.2, 0) is 30.0 Å². The van der Waals surface area contributed by atoms with Gasteiger partial charge in [0.25, 0.3) is 5.91 Å². The molecule has 0 fully saturated rings. The number of carboxylic acid groups (broad SMARTS) is 1. The summed E-state index contributed by atoms with van der Waals surface area (Å²) in [5.74, 6) is -0.845. The van der Waals surface area contributed by atoms with E-state index in [0.717, 1.165) is 60.3 Å². The molecule has 0 bridgehead atoms. The number of aromatic nitrogens is 4. The maximum atomic E-state index is 15.1. The van der Waals surface area contributed by atoms with E-state index in [1.165, 1.54) is 18.3 Å². The lowest BCUT2D eigenvalue weighted by molar-refractivity contribution is 0.0696. The summed E-state index contributed by atoms with van der Waals surface area (Å²) in [6, 6.07) is 12.0. The van der Waals surface area contributed by atoms with E-state index in [1.807, 2.05) is 68.3 Å². The van der Waals surface area contributed by atoms with Gasteiger partial charge in [-0.3, -0.25) is 9.48 Å². The van der Waals surface area contributed by atoms with Gasteiger partial charge in [0.1, 0.15) is 11.4 Å². The van der Waals surface area contributed by atoms with Crippen LogP contribution in [-0.4, -0.2) is 63.1 Å². The summed E-state index contributed by atoms with van der Waals surface area (Å²) in [6.07, 6.45) is 4.04. The highest BCUT2D eigenvalue weighted by Crippen LogP contribution is 2.44. The number of hydrogen-bond acceptors (Lipinski definition) is 6. The molecule has 7 rings (SSSR count). The number of fused-ring (bicyclic) bond motifs is 4. The lowest BCUT2D eigenvalue weighted by Gasteiger charge is -2.23. The van der Waals surface area contributed by atoms with Gasteiger partial charge in [-0.05, 0) is 100 Å². The minimum atomic E-state index is -3.77. The predicted octanol–water partition coefficient (Wildman–Crippen LogP) is 8.10. The number of amides is 1. The topological polar surface area (TPSA) is 129 Å². The molecule has 1 aliphatic rings. The van der Waals surface area contributed by atoms with E-state index in [-0.39, 0.29) is 23.5 Å². The number of benzene rings is 3. The Balaban J connectivity index is 1.40. The minimum Gasteiger partial charge on any atom is -0.494 e. The number of anilines is 1. The molecular formula is C39H39Cl2N5O6S. The first kappa shape index (κ1) is 36.6. The Kier molecular flexibility index (Phi) is 9.36. The van der Waals surface area contributed by atoms with E-state index in [0.29, 0.717) is 65.0 Å². The van der Waals surface area contributed by atoms with Crippen LogP contribution in [0.5, 0.6) is 5.75 Å². The standard InChI is InChI=1S/C39H39Cl2N5O6S/c1-21-17-26(18-22(2)35(21)41)52-16-7-9-27-28-10-11-30(40)34(33-23(3)42-43(5)24(33)4)36(28)45-14-8-13-44(38(47)37(27)45)31-19-25(39(48)49)20-32-29(31)12-15-46(32)53(6,50)51/h10-12,15,17-20H,7-9,13-14,16H2,1-6H3,(H,48,49). The lowest BCUT2D eigenvalue weighted by atomic mass is 9.98. The molecule has 6 aromatic rings. The van der Waals surface area contributed by atoms with Gasteiger partial charge >= 0.3 is 5.97 Å². The van der Waals surface area contributed by atoms with Crippen molar-refractivity contribution in [3.05, 3.63) is 98.0 Å². The molecule has 0 saturated heterocycles. The largest absolute Gasteiger partial charge is 0.494 e. The zero-order valence-electron chi connectivity index (χ0n) is 30.3. The summed E-state index contributed by atoms with van der Waals surface area (Å²) < 4.78 is 36.5. The third-order valence-corrected chi connectivity index (χ3v) is 12.1. The zero-order valence-corrected chi connectivity index (χ0v) is 32.6. The highest BCUT2D eigenvalue weighted by atomic mass is 35.5. The second-order valence-electron chi connectivity index (χ2n) is 13.7. The third-order valence-electron chi connectivity index (χ3n) is 10.1. The quantitative estimate of drug-likeness (QED) is 0.147. The fourth-order valence-corrected chi connectivity index (χ4v) is 8.84. The number of halogens is 2. The summed E-state index contributed by atoms with van der Waals surface area (Å²) in [5.41, 5.74) is 7.78. The van der Waals surface area contributed by atoms with Crippen LogP contribution in [0.15, 0.2) is 48.7 Å². The second kappa shape index (κ2) is 13.6. The maximum absolute atomic E-state index is 15.1. The number of hydrogen-bond donors (Lipinski definition) is 1. The van der Waals surface area contributed by atoms with E-state index >= 15 is 4.79 Å². The number of carboxylic acids is 1. The molecule has 14 heteroatoms. The van der Waals surface area contributed by atoms with Gasteiger partial charge in [0.15, 0.2) is 0 Å². The van der Waals surface area contributed by atoms with Gasteiger partial charge in [0, 0.05) is 58.9 Å². The average Bonchev–Trinajstić information content (AvgIpc) is 3.70. The summed E-state index contributed by atoms with van der Waals surface area (Å²) in [5, 5.41) is 17.3. The molecule has 3 aromatic carbocycles. The number of carbonyl (C=O) groups is 2. The van der Waals surface area contributed by atoms with Crippen molar-refractivity contribution in [3.8, 4) is 16.9 Å². The highest BCUT2D eigenvalue weighted by Gasteiger charge is 2.34. The monoisotopic (exact) mass is 775 g/mol. The molecular weight excluding hydrogens is 737 g/mol. The Morgan fingerprint density at radius 2 is 1.70 bits per heavy atom. The molecule has 0 unspecified atom stereocenters. The van der Waals surface area contributed by atoms with Crippen LogP contribution >= 0.6 is 23.2 Å². The molecule has 1 amide bonds. The fraction of sp³-hybridized carbons (Fsp3) is 0.308. The molecule has 0 atom stereocenters. The van der Waals surface area contributed by atoms with Gasteiger partial charge in [-0.2, -0.15) is 5.10 Å². The van der Waals surface area contributed by atoms with Crippen molar-refractivity contribution in [2.75, 3.05) is 24.3 Å². The molecule has 0 saturated carbocycles. The first-order chi connectivity index (χ1) is 25.1. The van der Waals surface area contributed by atoms with Gasteiger partial charge in [-0.25, -0.2) is 17.2 Å². The minimum absolute atomic E-state index is 0.129. The second-order valence-corrected chi connectivity index (χ2v) is 16.4. The Labute approximate surface area is 317 Å². The molecule has 1 N–H and O–H groups in total. The summed E-state index contributed by atoms with van der Waals surface area (Å²) in [7, 11) is -1.88. The average molecular weight is 777 g/mol. The Hall–Kier alpha value is -4.78. The van der Waals surface area contributed by atoms with E-state index in [2.05, 4.69) is 5.10 Å². The molecule has 0 aliphatic carbocycles. The smallest absolute Gasteiger partial charge is 0.335 e. The first-order valence-corrected chi connectivity index (χ1v) is 19.8. The summed E-state index contributed by atoms with van der Waals surface area (Å²) in [4.78, 5) is 29.1. The molecule has 0 spiro atoms. The number of carbonyl (C=O) groups excluding carboxylic acids is 1. The van der Waals surface area contributed by atoms with Crippen LogP contribution in [0.1, 0.15) is 61.8 Å².